The summed E-state index contributed by atoms with van der Waals surface area (Å²) in [4.78, 5) is 17.3. The fraction of sp³-hybridized carbons (Fsp3) is 0.357. The van der Waals surface area contributed by atoms with E-state index in [4.69, 9.17) is 14.5 Å². The normalized spacial score (nSPS) is 17.9. The summed E-state index contributed by atoms with van der Waals surface area (Å²) < 4.78 is 27.6. The second-order valence-corrected chi connectivity index (χ2v) is 9.98. The van der Waals surface area contributed by atoms with Crippen molar-refractivity contribution in [2.24, 2.45) is 4.99 Å². The largest absolute Gasteiger partial charge is 0.493 e. The van der Waals surface area contributed by atoms with Crippen LogP contribution < -0.4 is 4.74 Å². The monoisotopic (exact) mass is 461 g/mol. The maximum Gasteiger partial charge on any atom is 0.337 e. The highest BCUT2D eigenvalue weighted by molar-refractivity contribution is 6.04. The van der Waals surface area contributed by atoms with E-state index in [2.05, 4.69) is 0 Å². The molecule has 2 atom stereocenters. The topological polar surface area (TPSA) is 68.1 Å². The fourth-order valence-electron chi connectivity index (χ4n) is 5.16. The smallest absolute Gasteiger partial charge is 0.337 e. The average molecular weight is 462 g/mol. The van der Waals surface area contributed by atoms with Crippen LogP contribution in [-0.2, 0) is 9.53 Å². The zero-order valence-electron chi connectivity index (χ0n) is 19.8. The Labute approximate surface area is 198 Å². The van der Waals surface area contributed by atoms with Gasteiger partial charge in [-0.15, -0.1) is 0 Å². The van der Waals surface area contributed by atoms with E-state index in [1.54, 1.807) is 39.8 Å². The highest BCUT2D eigenvalue weighted by Crippen LogP contribution is 2.51. The van der Waals surface area contributed by atoms with Gasteiger partial charge in [-0.2, -0.15) is 0 Å². The number of aliphatic carboxylic acids is 1. The van der Waals surface area contributed by atoms with Crippen LogP contribution in [0.3, 0.4) is 0 Å². The lowest BCUT2D eigenvalue weighted by Gasteiger charge is -2.32. The summed E-state index contributed by atoms with van der Waals surface area (Å²) in [5.74, 6) is -0.481. The van der Waals surface area contributed by atoms with Crippen molar-refractivity contribution in [1.82, 2.24) is 0 Å². The van der Waals surface area contributed by atoms with Crippen LogP contribution in [0.4, 0.5) is 10.1 Å². The molecule has 1 unspecified atom stereocenters. The second kappa shape index (κ2) is 8.20. The quantitative estimate of drug-likeness (QED) is 0.460. The van der Waals surface area contributed by atoms with Crippen LogP contribution in [0.2, 0.25) is 0 Å². The van der Waals surface area contributed by atoms with Crippen molar-refractivity contribution in [2.45, 2.75) is 58.2 Å². The van der Waals surface area contributed by atoms with Crippen molar-refractivity contribution in [1.29, 1.82) is 0 Å². The van der Waals surface area contributed by atoms with Crippen LogP contribution in [0.25, 0.3) is 21.9 Å². The Hall–Kier alpha value is -3.25. The first kappa shape index (κ1) is 22.5. The van der Waals surface area contributed by atoms with E-state index in [0.717, 1.165) is 35.4 Å². The van der Waals surface area contributed by atoms with Crippen LogP contribution in [0, 0.1) is 12.7 Å². The highest BCUT2D eigenvalue weighted by atomic mass is 19.1. The van der Waals surface area contributed by atoms with Gasteiger partial charge in [-0.3, -0.25) is 4.99 Å². The van der Waals surface area contributed by atoms with Crippen LogP contribution in [0.5, 0.6) is 5.75 Å². The van der Waals surface area contributed by atoms with Gasteiger partial charge in [-0.1, -0.05) is 24.3 Å². The third-order valence-electron chi connectivity index (χ3n) is 6.58. The van der Waals surface area contributed by atoms with Crippen molar-refractivity contribution in [3.05, 3.63) is 58.9 Å². The average Bonchev–Trinajstić information content (AvgIpc) is 2.80. The lowest BCUT2D eigenvalue weighted by molar-refractivity contribution is -0.160. The van der Waals surface area contributed by atoms with Gasteiger partial charge in [-0.05, 0) is 75.1 Å². The molecule has 5 nitrogen and oxygen atoms in total. The fourth-order valence-corrected chi connectivity index (χ4v) is 5.16. The predicted molar refractivity (Wildman–Crippen MR) is 131 cm³/mol. The molecule has 1 N–H and O–H groups in total. The molecule has 3 aromatic carbocycles. The molecule has 0 spiro atoms. The zero-order valence-corrected chi connectivity index (χ0v) is 19.8. The molecule has 0 aliphatic carbocycles. The molecule has 2 aliphatic rings. The maximum atomic E-state index is 15.6. The van der Waals surface area contributed by atoms with Crippen molar-refractivity contribution in [3.63, 3.8) is 0 Å². The minimum absolute atomic E-state index is 0.267. The first-order valence-electron chi connectivity index (χ1n) is 11.6. The Kier molecular flexibility index (Phi) is 5.44. The minimum atomic E-state index is -1.35. The number of carboxylic acids is 1. The van der Waals surface area contributed by atoms with Gasteiger partial charge in [0.15, 0.2) is 6.10 Å². The van der Waals surface area contributed by atoms with Gasteiger partial charge in [0.2, 0.25) is 0 Å². The van der Waals surface area contributed by atoms with E-state index in [9.17, 15) is 9.90 Å². The van der Waals surface area contributed by atoms with E-state index in [-0.39, 0.29) is 5.56 Å². The summed E-state index contributed by atoms with van der Waals surface area (Å²) in [5.41, 5.74) is 3.07. The first-order chi connectivity index (χ1) is 16.2. The molecule has 0 saturated heterocycles. The number of carbonyl (C=O) groups is 1. The Balaban J connectivity index is 1.90. The molecule has 34 heavy (non-hydrogen) atoms. The van der Waals surface area contributed by atoms with Crippen LogP contribution in [0.1, 0.15) is 62.3 Å². The van der Waals surface area contributed by atoms with Gasteiger partial charge in [0.1, 0.15) is 11.6 Å². The molecule has 0 aromatic heterocycles. The number of aliphatic imine (C=N–C) groups is 1. The van der Waals surface area contributed by atoms with Gasteiger partial charge in [-0.25, -0.2) is 9.18 Å². The Morgan fingerprint density at radius 3 is 2.65 bits per heavy atom. The van der Waals surface area contributed by atoms with Crippen molar-refractivity contribution >= 4 is 28.6 Å². The summed E-state index contributed by atoms with van der Waals surface area (Å²) in [6.07, 6.45) is 2.31. The van der Waals surface area contributed by atoms with E-state index >= 15 is 4.39 Å². The van der Waals surface area contributed by atoms with Crippen molar-refractivity contribution < 1.29 is 23.8 Å². The summed E-state index contributed by atoms with van der Waals surface area (Å²) in [5, 5.41) is 11.3. The standard InChI is InChI=1S/C28H28FNO4/c1-15-21(26(27(31)32)34-28(2,3)4)23(17-7-5-6-8-18(17)24(15)29)19-9-10-20-22-16(12-14-33-20)11-13-30-25(19)22/h5-10,13,16,26H,11-12,14H2,1-4H3,(H,31,32)/t16?,26-/m0/s1. The van der Waals surface area contributed by atoms with Gasteiger partial charge < -0.3 is 14.6 Å². The highest BCUT2D eigenvalue weighted by Gasteiger charge is 2.35. The molecular formula is C28H28FNO4. The Morgan fingerprint density at radius 1 is 1.21 bits per heavy atom. The predicted octanol–water partition coefficient (Wildman–Crippen LogP) is 6.87. The molecular weight excluding hydrogens is 433 g/mol. The third kappa shape index (κ3) is 3.66. The van der Waals surface area contributed by atoms with Gasteiger partial charge in [0.25, 0.3) is 0 Å². The van der Waals surface area contributed by atoms with Gasteiger partial charge >= 0.3 is 5.97 Å². The number of carboxylic acid groups (broad SMARTS) is 1. The zero-order chi connectivity index (χ0) is 24.2. The molecule has 6 heteroatoms. The van der Waals surface area contributed by atoms with Crippen LogP contribution in [0.15, 0.2) is 41.4 Å². The van der Waals surface area contributed by atoms with E-state index in [0.29, 0.717) is 34.4 Å². The lowest BCUT2D eigenvalue weighted by Crippen LogP contribution is -2.28. The van der Waals surface area contributed by atoms with Crippen molar-refractivity contribution in [3.8, 4) is 16.9 Å². The third-order valence-corrected chi connectivity index (χ3v) is 6.58. The van der Waals surface area contributed by atoms with Crippen molar-refractivity contribution in [2.75, 3.05) is 6.61 Å². The number of hydrogen-bond acceptors (Lipinski definition) is 4. The Bertz CT molecular complexity index is 1340. The van der Waals surface area contributed by atoms with E-state index in [1.165, 1.54) is 0 Å². The SMILES string of the molecule is Cc1c([C@H](OC(C)(C)C)C(=O)O)c(-c2ccc3c4c2N=CCC4CCO3)c2ccccc2c1F. The van der Waals surface area contributed by atoms with Crippen LogP contribution >= 0.6 is 0 Å². The summed E-state index contributed by atoms with van der Waals surface area (Å²) >= 11 is 0. The number of ether oxygens (including phenoxy) is 2. The molecule has 0 saturated carbocycles. The molecule has 0 amide bonds. The van der Waals surface area contributed by atoms with Gasteiger partial charge in [0.05, 0.1) is 17.9 Å². The summed E-state index contributed by atoms with van der Waals surface area (Å²) in [6.45, 7) is 7.68. The number of halogens is 1. The van der Waals surface area contributed by atoms with Crippen LogP contribution in [-0.4, -0.2) is 29.5 Å². The number of nitrogens with zero attached hydrogens (tertiary/aromatic N) is 1. The number of rotatable bonds is 4. The van der Waals surface area contributed by atoms with E-state index < -0.39 is 23.5 Å². The molecule has 3 aromatic rings. The van der Waals surface area contributed by atoms with Gasteiger partial charge in [0, 0.05) is 28.3 Å². The van der Waals surface area contributed by atoms with E-state index in [1.807, 2.05) is 30.5 Å². The Morgan fingerprint density at radius 2 is 1.94 bits per heavy atom. The molecule has 0 fully saturated rings. The lowest BCUT2D eigenvalue weighted by atomic mass is 9.81. The molecule has 2 aliphatic heterocycles. The number of benzene rings is 3. The molecule has 176 valence electrons. The second-order valence-electron chi connectivity index (χ2n) is 9.98. The minimum Gasteiger partial charge on any atom is -0.493 e. The first-order valence-corrected chi connectivity index (χ1v) is 11.6. The molecule has 2 heterocycles. The molecule has 5 rings (SSSR count). The number of hydrogen-bond donors (Lipinski definition) is 1. The molecule has 0 bridgehead atoms. The summed E-state index contributed by atoms with van der Waals surface area (Å²) in [7, 11) is 0. The summed E-state index contributed by atoms with van der Waals surface area (Å²) in [6, 6.07) is 11.0. The molecule has 0 radical (unpaired) electrons. The maximum absolute atomic E-state index is 15.6. The number of fused-ring (bicyclic) bond motifs is 1.